The monoisotopic (exact) mass is 315 g/mol. The van der Waals surface area contributed by atoms with E-state index < -0.39 is 0 Å². The zero-order valence-corrected chi connectivity index (χ0v) is 11.1. The summed E-state index contributed by atoms with van der Waals surface area (Å²) in [6.45, 7) is 0. The summed E-state index contributed by atoms with van der Waals surface area (Å²) in [5, 5.41) is 12.7. The third-order valence-electron chi connectivity index (χ3n) is 1.82. The van der Waals surface area contributed by atoms with Crippen LogP contribution in [0.5, 0.6) is 0 Å². The first-order valence-electron chi connectivity index (χ1n) is 4.32. The fourth-order valence-electron chi connectivity index (χ4n) is 1.13. The molecule has 0 saturated carbocycles. The average molecular weight is 316 g/mol. The maximum atomic E-state index is 10.7. The van der Waals surface area contributed by atoms with E-state index >= 15 is 0 Å². The van der Waals surface area contributed by atoms with Gasteiger partial charge in [0, 0.05) is 9.37 Å². The van der Waals surface area contributed by atoms with Crippen molar-refractivity contribution in [3.05, 3.63) is 50.3 Å². The summed E-state index contributed by atoms with van der Waals surface area (Å²) in [5.74, 6) is 0. The van der Waals surface area contributed by atoms with Crippen molar-refractivity contribution >= 4 is 44.0 Å². The molecule has 6 heteroatoms. The van der Waals surface area contributed by atoms with Gasteiger partial charge in [-0.25, -0.2) is 0 Å². The lowest BCUT2D eigenvalue weighted by Gasteiger charge is -1.98. The summed E-state index contributed by atoms with van der Waals surface area (Å²) >= 11 is 5.90. The second-order valence-corrected chi connectivity index (χ2v) is 5.83. The van der Waals surface area contributed by atoms with E-state index in [1.54, 1.807) is 11.4 Å². The Labute approximate surface area is 109 Å². The average Bonchev–Trinajstić information content (AvgIpc) is 2.69. The third kappa shape index (κ3) is 2.63. The van der Waals surface area contributed by atoms with Crippen LogP contribution >= 0.6 is 39.0 Å². The zero-order valence-electron chi connectivity index (χ0n) is 7.92. The van der Waals surface area contributed by atoms with Gasteiger partial charge in [0.25, 0.3) is 0 Å². The van der Waals surface area contributed by atoms with Gasteiger partial charge in [-0.2, -0.15) is 0 Å². The Morgan fingerprint density at radius 3 is 2.56 bits per heavy atom. The van der Waals surface area contributed by atoms with Crippen LogP contribution in [-0.4, -0.2) is 4.92 Å². The molecule has 1 aromatic heterocycles. The minimum atomic E-state index is -0.341. The summed E-state index contributed by atoms with van der Waals surface area (Å²) in [6, 6.07) is 9.46. The van der Waals surface area contributed by atoms with Crippen LogP contribution in [0.25, 0.3) is 0 Å². The first kappa shape index (κ1) is 11.6. The van der Waals surface area contributed by atoms with Crippen LogP contribution in [0, 0.1) is 10.1 Å². The molecule has 0 bridgehead atoms. The highest BCUT2D eigenvalue weighted by Crippen LogP contribution is 2.38. The lowest BCUT2D eigenvalue weighted by Crippen LogP contribution is -1.84. The van der Waals surface area contributed by atoms with E-state index in [4.69, 9.17) is 0 Å². The predicted molar refractivity (Wildman–Crippen MR) is 69.2 cm³/mol. The van der Waals surface area contributed by atoms with Crippen LogP contribution in [0.4, 0.5) is 5.00 Å². The Hall–Kier alpha value is -0.850. The topological polar surface area (TPSA) is 43.1 Å². The normalized spacial score (nSPS) is 10.3. The third-order valence-corrected chi connectivity index (χ3v) is 4.40. The van der Waals surface area contributed by atoms with Crippen LogP contribution in [0.3, 0.4) is 0 Å². The van der Waals surface area contributed by atoms with E-state index in [9.17, 15) is 10.1 Å². The first-order valence-corrected chi connectivity index (χ1v) is 6.81. The molecular weight excluding hydrogens is 310 g/mol. The number of nitrogens with zero attached hydrogens (tertiary/aromatic N) is 1. The fourth-order valence-corrected chi connectivity index (χ4v) is 3.18. The van der Waals surface area contributed by atoms with Crippen LogP contribution in [0.15, 0.2) is 50.0 Å². The molecule has 0 aliphatic rings. The van der Waals surface area contributed by atoms with Crippen LogP contribution in [0.1, 0.15) is 0 Å². The molecule has 16 heavy (non-hydrogen) atoms. The number of benzene rings is 1. The molecule has 0 N–H and O–H groups in total. The van der Waals surface area contributed by atoms with Gasteiger partial charge in [-0.1, -0.05) is 39.0 Å². The fraction of sp³-hybridized carbons (Fsp3) is 0. The molecule has 0 amide bonds. The summed E-state index contributed by atoms with van der Waals surface area (Å²) in [6.07, 6.45) is 0. The van der Waals surface area contributed by atoms with Gasteiger partial charge in [0.1, 0.15) is 4.90 Å². The van der Waals surface area contributed by atoms with E-state index in [0.29, 0.717) is 4.90 Å². The van der Waals surface area contributed by atoms with Gasteiger partial charge in [-0.05, 0) is 35.7 Å². The Bertz CT molecular complexity index is 510. The quantitative estimate of drug-likeness (QED) is 0.615. The number of halogens is 1. The van der Waals surface area contributed by atoms with Gasteiger partial charge in [0.2, 0.25) is 0 Å². The first-order chi connectivity index (χ1) is 7.66. The second-order valence-electron chi connectivity index (χ2n) is 2.90. The Morgan fingerprint density at radius 2 is 1.94 bits per heavy atom. The van der Waals surface area contributed by atoms with Crippen molar-refractivity contribution in [1.29, 1.82) is 0 Å². The molecule has 0 fully saturated rings. The number of nitro groups is 1. The second kappa shape index (κ2) is 4.99. The number of hydrogen-bond acceptors (Lipinski definition) is 4. The highest BCUT2D eigenvalue weighted by Gasteiger charge is 2.16. The molecular formula is C10H6BrNO2S2. The number of rotatable bonds is 3. The lowest BCUT2D eigenvalue weighted by atomic mass is 10.4. The molecule has 0 saturated heterocycles. The van der Waals surface area contributed by atoms with Gasteiger partial charge in [-0.15, -0.1) is 0 Å². The predicted octanol–water partition coefficient (Wildman–Crippen LogP) is 4.57. The SMILES string of the molecule is O=[N+]([O-])c1sccc1Sc1ccc(Br)cc1. The summed E-state index contributed by atoms with van der Waals surface area (Å²) < 4.78 is 0.997. The lowest BCUT2D eigenvalue weighted by molar-refractivity contribution is -0.382. The van der Waals surface area contributed by atoms with Crippen LogP contribution in [0.2, 0.25) is 0 Å². The van der Waals surface area contributed by atoms with Crippen molar-refractivity contribution in [1.82, 2.24) is 0 Å². The molecule has 0 spiro atoms. The van der Waals surface area contributed by atoms with Gasteiger partial charge < -0.3 is 0 Å². The molecule has 0 atom stereocenters. The van der Waals surface area contributed by atoms with Gasteiger partial charge in [0.15, 0.2) is 0 Å². The molecule has 2 rings (SSSR count). The van der Waals surface area contributed by atoms with Crippen molar-refractivity contribution in [3.63, 3.8) is 0 Å². The van der Waals surface area contributed by atoms with E-state index in [1.807, 2.05) is 24.3 Å². The highest BCUT2D eigenvalue weighted by atomic mass is 79.9. The molecule has 1 heterocycles. The summed E-state index contributed by atoms with van der Waals surface area (Å²) in [4.78, 5) is 12.1. The smallest absolute Gasteiger partial charge is 0.258 e. The van der Waals surface area contributed by atoms with Crippen molar-refractivity contribution in [2.24, 2.45) is 0 Å². The molecule has 0 radical (unpaired) electrons. The summed E-state index contributed by atoms with van der Waals surface area (Å²) in [7, 11) is 0. The molecule has 0 aliphatic carbocycles. The molecule has 82 valence electrons. The van der Waals surface area contributed by atoms with Gasteiger partial charge in [0.05, 0.1) is 4.92 Å². The van der Waals surface area contributed by atoms with E-state index in [1.165, 1.54) is 11.8 Å². The molecule has 2 aromatic rings. The maximum Gasteiger partial charge on any atom is 0.337 e. The van der Waals surface area contributed by atoms with Gasteiger partial charge in [-0.3, -0.25) is 10.1 Å². The van der Waals surface area contributed by atoms with Crippen molar-refractivity contribution < 1.29 is 4.92 Å². The standard InChI is InChI=1S/C10H6BrNO2S2/c11-7-1-3-8(4-2-7)16-9-5-6-15-10(9)12(13)14/h1-6H. The minimum absolute atomic E-state index is 0.202. The Morgan fingerprint density at radius 1 is 1.25 bits per heavy atom. The maximum absolute atomic E-state index is 10.7. The molecule has 3 nitrogen and oxygen atoms in total. The summed E-state index contributed by atoms with van der Waals surface area (Å²) in [5.41, 5.74) is 0. The zero-order chi connectivity index (χ0) is 11.5. The van der Waals surface area contributed by atoms with Crippen molar-refractivity contribution in [2.75, 3.05) is 0 Å². The highest BCUT2D eigenvalue weighted by molar-refractivity contribution is 9.10. The van der Waals surface area contributed by atoms with Crippen LogP contribution < -0.4 is 0 Å². The van der Waals surface area contributed by atoms with E-state index in [2.05, 4.69) is 15.9 Å². The largest absolute Gasteiger partial charge is 0.337 e. The molecule has 0 aliphatic heterocycles. The Balaban J connectivity index is 2.23. The van der Waals surface area contributed by atoms with Crippen LogP contribution in [-0.2, 0) is 0 Å². The van der Waals surface area contributed by atoms with Gasteiger partial charge >= 0.3 is 5.00 Å². The number of hydrogen-bond donors (Lipinski definition) is 0. The van der Waals surface area contributed by atoms with E-state index in [-0.39, 0.29) is 9.92 Å². The number of thiophene rings is 1. The minimum Gasteiger partial charge on any atom is -0.258 e. The molecule has 1 aromatic carbocycles. The van der Waals surface area contributed by atoms with Crippen molar-refractivity contribution in [2.45, 2.75) is 9.79 Å². The Kier molecular flexibility index (Phi) is 3.63. The van der Waals surface area contributed by atoms with E-state index in [0.717, 1.165) is 20.7 Å². The molecule has 0 unspecified atom stereocenters. The van der Waals surface area contributed by atoms with Crippen molar-refractivity contribution in [3.8, 4) is 0 Å².